The fourth-order valence-electron chi connectivity index (χ4n) is 4.41. The Kier molecular flexibility index (Phi) is 7.85. The smallest absolute Gasteiger partial charge is 0.0721 e. The highest BCUT2D eigenvalue weighted by Gasteiger charge is 2.44. The van der Waals surface area contributed by atoms with E-state index in [9.17, 15) is 10.2 Å². The minimum absolute atomic E-state index is 0.207. The summed E-state index contributed by atoms with van der Waals surface area (Å²) in [6, 6.07) is 0. The van der Waals surface area contributed by atoms with Crippen molar-refractivity contribution in [1.82, 2.24) is 0 Å². The first-order valence-corrected chi connectivity index (χ1v) is 9.88. The van der Waals surface area contributed by atoms with Crippen molar-refractivity contribution in [2.75, 3.05) is 0 Å². The lowest BCUT2D eigenvalue weighted by Gasteiger charge is -2.17. The molecular formula is C21H36O2. The van der Waals surface area contributed by atoms with Crippen LogP contribution < -0.4 is 0 Å². The Labute approximate surface area is 142 Å². The minimum Gasteiger partial charge on any atom is -0.392 e. The summed E-state index contributed by atoms with van der Waals surface area (Å²) < 4.78 is 0. The Morgan fingerprint density at radius 3 is 2.65 bits per heavy atom. The van der Waals surface area contributed by atoms with Crippen LogP contribution in [0.15, 0.2) is 23.8 Å². The van der Waals surface area contributed by atoms with Crippen molar-refractivity contribution in [2.24, 2.45) is 17.8 Å². The van der Waals surface area contributed by atoms with Crippen LogP contribution in [-0.4, -0.2) is 22.4 Å². The van der Waals surface area contributed by atoms with Gasteiger partial charge in [-0.15, -0.1) is 0 Å². The van der Waals surface area contributed by atoms with Crippen LogP contribution in [0.2, 0.25) is 0 Å². The standard InChI is InChI=1S/C21H36O2/c1-3-5-7-9-16-13-17-15-21(23)19(20(17)14-16)12-11-18(22)10-8-6-4-2/h9,11-12,17-23H,3-8,10,13-15H2,1-2H3/b12-11+,16-9+/t17-,18-,19+,20-,21+/m0/s1. The lowest BCUT2D eigenvalue weighted by Crippen LogP contribution is -2.17. The largest absolute Gasteiger partial charge is 0.392 e. The van der Waals surface area contributed by atoms with Gasteiger partial charge < -0.3 is 10.2 Å². The second kappa shape index (κ2) is 9.64. The van der Waals surface area contributed by atoms with Gasteiger partial charge in [-0.05, 0) is 43.9 Å². The Bertz CT molecular complexity index is 399. The molecule has 0 aromatic heterocycles. The van der Waals surface area contributed by atoms with Crippen LogP contribution in [0.5, 0.6) is 0 Å². The number of hydrogen-bond acceptors (Lipinski definition) is 2. The van der Waals surface area contributed by atoms with Crippen LogP contribution >= 0.6 is 0 Å². The van der Waals surface area contributed by atoms with Gasteiger partial charge in [-0.3, -0.25) is 0 Å². The first-order chi connectivity index (χ1) is 11.2. The zero-order valence-corrected chi connectivity index (χ0v) is 15.1. The molecule has 0 radical (unpaired) electrons. The van der Waals surface area contributed by atoms with E-state index in [-0.39, 0.29) is 18.1 Å². The molecule has 0 spiro atoms. The second-order valence-corrected chi connectivity index (χ2v) is 7.67. The van der Waals surface area contributed by atoms with Crippen LogP contribution in [0.4, 0.5) is 0 Å². The summed E-state index contributed by atoms with van der Waals surface area (Å²) in [5.74, 6) is 1.50. The van der Waals surface area contributed by atoms with E-state index in [2.05, 4.69) is 26.0 Å². The molecule has 0 aliphatic heterocycles. The molecule has 0 amide bonds. The maximum Gasteiger partial charge on any atom is 0.0721 e. The molecule has 2 aliphatic carbocycles. The maximum atomic E-state index is 10.4. The van der Waals surface area contributed by atoms with Gasteiger partial charge in [0.1, 0.15) is 0 Å². The monoisotopic (exact) mass is 320 g/mol. The van der Waals surface area contributed by atoms with Crippen molar-refractivity contribution in [2.45, 2.75) is 90.3 Å². The topological polar surface area (TPSA) is 40.5 Å². The Hall–Kier alpha value is -0.600. The summed E-state index contributed by atoms with van der Waals surface area (Å²) in [5, 5.41) is 20.4. The van der Waals surface area contributed by atoms with Crippen molar-refractivity contribution in [1.29, 1.82) is 0 Å². The molecule has 0 heterocycles. The Morgan fingerprint density at radius 2 is 1.91 bits per heavy atom. The molecule has 0 unspecified atom stereocenters. The number of aliphatic hydroxyl groups is 2. The van der Waals surface area contributed by atoms with Crippen LogP contribution in [-0.2, 0) is 0 Å². The van der Waals surface area contributed by atoms with Gasteiger partial charge in [0.25, 0.3) is 0 Å². The molecule has 0 saturated heterocycles. The van der Waals surface area contributed by atoms with Gasteiger partial charge in [-0.2, -0.15) is 0 Å². The average molecular weight is 321 g/mol. The van der Waals surface area contributed by atoms with Crippen LogP contribution in [0.25, 0.3) is 0 Å². The van der Waals surface area contributed by atoms with Gasteiger partial charge in [0.2, 0.25) is 0 Å². The van der Waals surface area contributed by atoms with E-state index in [1.54, 1.807) is 5.57 Å². The lowest BCUT2D eigenvalue weighted by atomic mass is 9.90. The van der Waals surface area contributed by atoms with Crippen molar-refractivity contribution in [3.05, 3.63) is 23.8 Å². The van der Waals surface area contributed by atoms with Gasteiger partial charge in [-0.25, -0.2) is 0 Å². The third-order valence-corrected chi connectivity index (χ3v) is 5.76. The summed E-state index contributed by atoms with van der Waals surface area (Å²) in [6.07, 6.45) is 17.3. The summed E-state index contributed by atoms with van der Waals surface area (Å²) >= 11 is 0. The van der Waals surface area contributed by atoms with Crippen LogP contribution in [0, 0.1) is 17.8 Å². The third-order valence-electron chi connectivity index (χ3n) is 5.76. The zero-order chi connectivity index (χ0) is 16.7. The van der Waals surface area contributed by atoms with E-state index in [0.717, 1.165) is 25.7 Å². The Morgan fingerprint density at radius 1 is 1.13 bits per heavy atom. The second-order valence-electron chi connectivity index (χ2n) is 7.67. The quantitative estimate of drug-likeness (QED) is 0.463. The number of fused-ring (bicyclic) bond motifs is 1. The predicted octanol–water partition coefficient (Wildman–Crippen LogP) is 5.01. The van der Waals surface area contributed by atoms with Crippen molar-refractivity contribution in [3.8, 4) is 0 Å². The third kappa shape index (κ3) is 5.46. The zero-order valence-electron chi connectivity index (χ0n) is 15.1. The maximum absolute atomic E-state index is 10.4. The molecular weight excluding hydrogens is 284 g/mol. The number of allylic oxidation sites excluding steroid dienone is 2. The molecule has 2 rings (SSSR count). The average Bonchev–Trinajstić information content (AvgIpc) is 3.02. The molecule has 2 nitrogen and oxygen atoms in total. The molecule has 2 heteroatoms. The highest BCUT2D eigenvalue weighted by atomic mass is 16.3. The highest BCUT2D eigenvalue weighted by molar-refractivity contribution is 5.17. The normalized spacial score (nSPS) is 33.7. The minimum atomic E-state index is -0.339. The van der Waals surface area contributed by atoms with E-state index >= 15 is 0 Å². The van der Waals surface area contributed by atoms with Crippen molar-refractivity contribution < 1.29 is 10.2 Å². The molecule has 0 aromatic carbocycles. The molecule has 0 bridgehead atoms. The molecule has 0 aromatic rings. The first-order valence-electron chi connectivity index (χ1n) is 9.88. The molecule has 2 saturated carbocycles. The van der Waals surface area contributed by atoms with E-state index < -0.39 is 0 Å². The number of hydrogen-bond donors (Lipinski definition) is 2. The fraction of sp³-hybridized carbons (Fsp3) is 0.810. The van der Waals surface area contributed by atoms with E-state index in [4.69, 9.17) is 0 Å². The van der Waals surface area contributed by atoms with Crippen molar-refractivity contribution in [3.63, 3.8) is 0 Å². The summed E-state index contributed by atoms with van der Waals surface area (Å²) in [7, 11) is 0. The summed E-state index contributed by atoms with van der Waals surface area (Å²) in [4.78, 5) is 0. The molecule has 5 atom stereocenters. The van der Waals surface area contributed by atoms with Crippen LogP contribution in [0.1, 0.15) is 78.1 Å². The van der Waals surface area contributed by atoms with Gasteiger partial charge in [0.05, 0.1) is 12.2 Å². The number of unbranched alkanes of at least 4 members (excludes halogenated alkanes) is 4. The highest BCUT2D eigenvalue weighted by Crippen LogP contribution is 2.50. The summed E-state index contributed by atoms with van der Waals surface area (Å²) in [5.41, 5.74) is 1.61. The number of aliphatic hydroxyl groups excluding tert-OH is 2. The fourth-order valence-corrected chi connectivity index (χ4v) is 4.41. The molecule has 132 valence electrons. The molecule has 2 fully saturated rings. The van der Waals surface area contributed by atoms with Crippen LogP contribution in [0.3, 0.4) is 0 Å². The van der Waals surface area contributed by atoms with Gasteiger partial charge in [0, 0.05) is 5.92 Å². The first kappa shape index (κ1) is 18.7. The van der Waals surface area contributed by atoms with E-state index in [1.807, 2.05) is 6.08 Å². The Balaban J connectivity index is 1.85. The lowest BCUT2D eigenvalue weighted by molar-refractivity contribution is 0.139. The SMILES string of the molecule is CCCC/C=C1\C[C@H]2C[C@@H](O)[C@H](/C=C/[C@@H](O)CCCCC)[C@H]2C1. The van der Waals surface area contributed by atoms with Gasteiger partial charge in [0.15, 0.2) is 0 Å². The number of rotatable bonds is 9. The van der Waals surface area contributed by atoms with E-state index in [0.29, 0.717) is 11.8 Å². The van der Waals surface area contributed by atoms with Gasteiger partial charge in [-0.1, -0.05) is 69.8 Å². The van der Waals surface area contributed by atoms with Crippen molar-refractivity contribution >= 4 is 0 Å². The van der Waals surface area contributed by atoms with Gasteiger partial charge >= 0.3 is 0 Å². The molecule has 2 aliphatic rings. The molecule has 2 N–H and O–H groups in total. The summed E-state index contributed by atoms with van der Waals surface area (Å²) in [6.45, 7) is 4.42. The molecule has 23 heavy (non-hydrogen) atoms. The van der Waals surface area contributed by atoms with E-state index in [1.165, 1.54) is 38.5 Å². The predicted molar refractivity (Wildman–Crippen MR) is 97.2 cm³/mol.